The van der Waals surface area contributed by atoms with E-state index in [-0.39, 0.29) is 24.3 Å². The van der Waals surface area contributed by atoms with Crippen LogP contribution in [0.3, 0.4) is 0 Å². The number of amides is 1. The molecular formula is C30H49N3O7Si. The third-order valence-electron chi connectivity index (χ3n) is 6.44. The van der Waals surface area contributed by atoms with Crippen molar-refractivity contribution in [3.63, 3.8) is 0 Å². The molecule has 11 heteroatoms. The third kappa shape index (κ3) is 11.9. The maximum atomic E-state index is 12.3. The van der Waals surface area contributed by atoms with Gasteiger partial charge in [-0.25, -0.2) is 9.59 Å². The molecule has 2 aromatic rings. The third-order valence-corrected chi connectivity index (χ3v) is 11.0. The minimum atomic E-state index is -2.13. The SMILES string of the molecule is CC(C)(C)OC(=O)NCC(Cn1cc(-c2ccc(OCC(O)C(=O)OC(C)(C)C)cc2)cn1)O[Si](C)(C)C(C)(C)C. The van der Waals surface area contributed by atoms with E-state index in [1.807, 2.05) is 43.8 Å². The molecule has 2 atom stereocenters. The topological polar surface area (TPSA) is 121 Å². The summed E-state index contributed by atoms with van der Waals surface area (Å²) in [7, 11) is -2.13. The number of nitrogens with zero attached hydrogens (tertiary/aromatic N) is 2. The molecule has 0 saturated carbocycles. The second kappa shape index (κ2) is 13.4. The Balaban J connectivity index is 2.07. The lowest BCUT2D eigenvalue weighted by Gasteiger charge is -2.39. The van der Waals surface area contributed by atoms with Crippen LogP contribution in [0.25, 0.3) is 11.1 Å². The fourth-order valence-corrected chi connectivity index (χ4v) is 4.77. The van der Waals surface area contributed by atoms with Gasteiger partial charge in [0.05, 0.1) is 18.8 Å². The molecule has 1 amide bonds. The van der Waals surface area contributed by atoms with Crippen molar-refractivity contribution in [3.8, 4) is 16.9 Å². The van der Waals surface area contributed by atoms with Gasteiger partial charge < -0.3 is 29.1 Å². The quantitative estimate of drug-likeness (QED) is 0.258. The van der Waals surface area contributed by atoms with Crippen molar-refractivity contribution in [2.75, 3.05) is 13.2 Å². The average Bonchev–Trinajstić information content (AvgIpc) is 3.26. The van der Waals surface area contributed by atoms with Crippen LogP contribution in [0, 0.1) is 0 Å². The van der Waals surface area contributed by atoms with Crippen LogP contribution in [-0.2, 0) is 25.2 Å². The predicted molar refractivity (Wildman–Crippen MR) is 161 cm³/mol. The number of ether oxygens (including phenoxy) is 3. The maximum absolute atomic E-state index is 12.3. The largest absolute Gasteiger partial charge is 0.490 e. The van der Waals surface area contributed by atoms with E-state index in [0.717, 1.165) is 11.1 Å². The zero-order chi connectivity index (χ0) is 31.2. The summed E-state index contributed by atoms with van der Waals surface area (Å²) in [5, 5.41) is 17.4. The Bertz CT molecular complexity index is 1140. The van der Waals surface area contributed by atoms with E-state index in [0.29, 0.717) is 12.3 Å². The number of nitrogens with one attached hydrogen (secondary N) is 1. The second-order valence-electron chi connectivity index (χ2n) is 13.7. The van der Waals surface area contributed by atoms with E-state index < -0.39 is 37.7 Å². The van der Waals surface area contributed by atoms with Gasteiger partial charge in [-0.1, -0.05) is 32.9 Å². The molecule has 0 spiro atoms. The fraction of sp³-hybridized carbons (Fsp3) is 0.633. The Morgan fingerprint density at radius 2 is 1.54 bits per heavy atom. The minimum absolute atomic E-state index is 0.000785. The number of esters is 1. The summed E-state index contributed by atoms with van der Waals surface area (Å²) in [5.74, 6) is -0.210. The van der Waals surface area contributed by atoms with Crippen LogP contribution in [0.15, 0.2) is 36.7 Å². The normalized spacial score (nSPS) is 14.2. The van der Waals surface area contributed by atoms with E-state index in [4.69, 9.17) is 18.6 Å². The van der Waals surface area contributed by atoms with Crippen molar-refractivity contribution < 1.29 is 33.3 Å². The van der Waals surface area contributed by atoms with Crippen LogP contribution < -0.4 is 10.1 Å². The van der Waals surface area contributed by atoms with Crippen LogP contribution in [-0.4, -0.2) is 71.8 Å². The van der Waals surface area contributed by atoms with Crippen LogP contribution in [0.2, 0.25) is 18.1 Å². The summed E-state index contributed by atoms with van der Waals surface area (Å²) in [6, 6.07) is 7.29. The molecular weight excluding hydrogens is 542 g/mol. The summed E-state index contributed by atoms with van der Waals surface area (Å²) in [5.41, 5.74) is 0.548. The highest BCUT2D eigenvalue weighted by Crippen LogP contribution is 2.37. The molecule has 10 nitrogen and oxygen atoms in total. The molecule has 0 saturated heterocycles. The summed E-state index contributed by atoms with van der Waals surface area (Å²) < 4.78 is 24.6. The highest BCUT2D eigenvalue weighted by Gasteiger charge is 2.39. The maximum Gasteiger partial charge on any atom is 0.407 e. The predicted octanol–water partition coefficient (Wildman–Crippen LogP) is 5.55. The van der Waals surface area contributed by atoms with Gasteiger partial charge >= 0.3 is 12.1 Å². The smallest absolute Gasteiger partial charge is 0.407 e. The highest BCUT2D eigenvalue weighted by atomic mass is 28.4. The average molecular weight is 592 g/mol. The molecule has 2 N–H and O–H groups in total. The second-order valence-corrected chi connectivity index (χ2v) is 18.5. The summed E-state index contributed by atoms with van der Waals surface area (Å²) in [4.78, 5) is 24.3. The Kier molecular flexibility index (Phi) is 11.2. The van der Waals surface area contributed by atoms with E-state index in [2.05, 4.69) is 44.3 Å². The first-order chi connectivity index (χ1) is 18.6. The van der Waals surface area contributed by atoms with Crippen molar-refractivity contribution in [2.45, 2.75) is 110 Å². The van der Waals surface area contributed by atoms with Crippen molar-refractivity contribution >= 4 is 20.4 Å². The van der Waals surface area contributed by atoms with Crippen LogP contribution in [0.4, 0.5) is 4.79 Å². The van der Waals surface area contributed by atoms with E-state index >= 15 is 0 Å². The molecule has 2 rings (SSSR count). The molecule has 2 unspecified atom stereocenters. The van der Waals surface area contributed by atoms with E-state index in [9.17, 15) is 14.7 Å². The number of hydrogen-bond acceptors (Lipinski definition) is 8. The Hall–Kier alpha value is -2.89. The van der Waals surface area contributed by atoms with Crippen molar-refractivity contribution in [1.29, 1.82) is 0 Å². The van der Waals surface area contributed by atoms with Gasteiger partial charge in [0, 0.05) is 18.3 Å². The van der Waals surface area contributed by atoms with Crippen molar-refractivity contribution in [1.82, 2.24) is 15.1 Å². The first kappa shape index (κ1) is 34.3. The van der Waals surface area contributed by atoms with Crippen molar-refractivity contribution in [2.24, 2.45) is 0 Å². The molecule has 0 radical (unpaired) electrons. The summed E-state index contributed by atoms with van der Waals surface area (Å²) >= 11 is 0. The molecule has 0 aliphatic rings. The lowest BCUT2D eigenvalue weighted by Crippen LogP contribution is -2.48. The van der Waals surface area contributed by atoms with Gasteiger partial charge in [-0.15, -0.1) is 0 Å². The van der Waals surface area contributed by atoms with Crippen LogP contribution >= 0.6 is 0 Å². The van der Waals surface area contributed by atoms with Gasteiger partial charge in [0.2, 0.25) is 0 Å². The standard InChI is InChI=1S/C30H49N3O7Si/c1-28(2,3)38-26(35)25(34)20-37-23-14-12-21(13-15-23)22-16-32-33(18-22)19-24(40-41(10,11)30(7,8)9)17-31-27(36)39-29(4,5)6/h12-16,18,24-25,34H,17,19-20H2,1-11H3,(H,31,36). The van der Waals surface area contributed by atoms with E-state index in [1.54, 1.807) is 39.1 Å². The molecule has 1 heterocycles. The number of hydrogen-bond donors (Lipinski definition) is 2. The number of carbonyl (C=O) groups excluding carboxylic acids is 2. The zero-order valence-electron chi connectivity index (χ0n) is 26.5. The molecule has 1 aromatic carbocycles. The number of alkyl carbamates (subject to hydrolysis) is 1. The monoisotopic (exact) mass is 591 g/mol. The lowest BCUT2D eigenvalue weighted by molar-refractivity contribution is -0.166. The van der Waals surface area contributed by atoms with Crippen LogP contribution in [0.5, 0.6) is 5.75 Å². The van der Waals surface area contributed by atoms with Gasteiger partial charge in [-0.2, -0.15) is 5.10 Å². The van der Waals surface area contributed by atoms with Gasteiger partial charge in [0.1, 0.15) is 23.6 Å². The van der Waals surface area contributed by atoms with Crippen molar-refractivity contribution in [3.05, 3.63) is 36.7 Å². The minimum Gasteiger partial charge on any atom is -0.490 e. The number of aromatic nitrogens is 2. The zero-order valence-corrected chi connectivity index (χ0v) is 27.5. The molecule has 0 fully saturated rings. The number of rotatable bonds is 11. The van der Waals surface area contributed by atoms with Gasteiger partial charge in [-0.3, -0.25) is 4.68 Å². The molecule has 41 heavy (non-hydrogen) atoms. The summed E-state index contributed by atoms with van der Waals surface area (Å²) in [6.45, 7) is 22.1. The van der Waals surface area contributed by atoms with Crippen LogP contribution in [0.1, 0.15) is 62.3 Å². The molecule has 0 aliphatic carbocycles. The molecule has 0 aliphatic heterocycles. The summed E-state index contributed by atoms with van der Waals surface area (Å²) in [6.07, 6.45) is 1.54. The van der Waals surface area contributed by atoms with E-state index in [1.165, 1.54) is 0 Å². The Labute approximate surface area is 245 Å². The molecule has 0 bridgehead atoms. The highest BCUT2D eigenvalue weighted by molar-refractivity contribution is 6.74. The van der Waals surface area contributed by atoms with Gasteiger partial charge in [0.15, 0.2) is 14.4 Å². The fourth-order valence-electron chi connectivity index (χ4n) is 3.43. The Morgan fingerprint density at radius 1 is 0.951 bits per heavy atom. The molecule has 230 valence electrons. The number of carbonyl (C=O) groups is 2. The lowest BCUT2D eigenvalue weighted by atomic mass is 10.1. The number of aliphatic hydroxyl groups excluding tert-OH is 1. The number of benzene rings is 1. The number of aliphatic hydroxyl groups is 1. The van der Waals surface area contributed by atoms with Gasteiger partial charge in [-0.05, 0) is 77.4 Å². The Morgan fingerprint density at radius 3 is 2.07 bits per heavy atom. The first-order valence-corrected chi connectivity index (χ1v) is 16.9. The van der Waals surface area contributed by atoms with Gasteiger partial charge in [0.25, 0.3) is 0 Å². The first-order valence-electron chi connectivity index (χ1n) is 14.0. The molecule has 1 aromatic heterocycles.